The van der Waals surface area contributed by atoms with Gasteiger partial charge >= 0.3 is 0 Å². The lowest BCUT2D eigenvalue weighted by Crippen LogP contribution is -2.12. The van der Waals surface area contributed by atoms with Gasteiger partial charge in [0.1, 0.15) is 0 Å². The minimum atomic E-state index is -0.148. The second-order valence-electron chi connectivity index (χ2n) is 4.47. The Balaban J connectivity index is 1.92. The fourth-order valence-electron chi connectivity index (χ4n) is 2.07. The number of hydrogen-bond donors (Lipinski definition) is 1. The molecule has 2 heterocycles. The Kier molecular flexibility index (Phi) is 3.19. The maximum Gasteiger partial charge on any atom is 0.0850 e. The Labute approximate surface area is 116 Å². The third kappa shape index (κ3) is 2.32. The standard InChI is InChI=1S/C15H15N3S/c1-11-8-10-19-15(11)14(16)13-7-9-18(17-13)12-5-3-2-4-6-12/h2-10,14H,16H2,1H3. The maximum atomic E-state index is 6.29. The molecule has 2 aromatic heterocycles. The van der Waals surface area contributed by atoms with Gasteiger partial charge in [-0.1, -0.05) is 18.2 Å². The van der Waals surface area contributed by atoms with Crippen LogP contribution < -0.4 is 5.73 Å². The van der Waals surface area contributed by atoms with Crippen LogP contribution in [-0.4, -0.2) is 9.78 Å². The van der Waals surface area contributed by atoms with Gasteiger partial charge in [-0.05, 0) is 42.1 Å². The second kappa shape index (κ2) is 4.99. The first-order chi connectivity index (χ1) is 9.25. The number of para-hydroxylation sites is 1. The van der Waals surface area contributed by atoms with Crippen LogP contribution in [-0.2, 0) is 0 Å². The highest BCUT2D eigenvalue weighted by molar-refractivity contribution is 7.10. The molecule has 19 heavy (non-hydrogen) atoms. The predicted molar refractivity (Wildman–Crippen MR) is 78.7 cm³/mol. The molecule has 0 radical (unpaired) electrons. The van der Waals surface area contributed by atoms with Gasteiger partial charge in [-0.3, -0.25) is 0 Å². The summed E-state index contributed by atoms with van der Waals surface area (Å²) >= 11 is 1.68. The summed E-state index contributed by atoms with van der Waals surface area (Å²) in [6, 6.07) is 14.0. The van der Waals surface area contributed by atoms with Crippen LogP contribution >= 0.6 is 11.3 Å². The summed E-state index contributed by atoms with van der Waals surface area (Å²) in [7, 11) is 0. The number of nitrogens with two attached hydrogens (primary N) is 1. The molecule has 3 rings (SSSR count). The van der Waals surface area contributed by atoms with Crippen molar-refractivity contribution >= 4 is 11.3 Å². The fraction of sp³-hybridized carbons (Fsp3) is 0.133. The zero-order chi connectivity index (χ0) is 13.2. The quantitative estimate of drug-likeness (QED) is 0.793. The van der Waals surface area contributed by atoms with Crippen molar-refractivity contribution < 1.29 is 0 Å². The Hall–Kier alpha value is -1.91. The highest BCUT2D eigenvalue weighted by Gasteiger charge is 2.15. The van der Waals surface area contributed by atoms with Gasteiger partial charge in [-0.25, -0.2) is 4.68 Å². The van der Waals surface area contributed by atoms with E-state index in [0.29, 0.717) is 0 Å². The topological polar surface area (TPSA) is 43.8 Å². The van der Waals surface area contributed by atoms with Gasteiger partial charge in [0, 0.05) is 11.1 Å². The van der Waals surface area contributed by atoms with Gasteiger partial charge in [0.25, 0.3) is 0 Å². The SMILES string of the molecule is Cc1ccsc1C(N)c1ccn(-c2ccccc2)n1. The van der Waals surface area contributed by atoms with Crippen molar-refractivity contribution in [2.75, 3.05) is 0 Å². The molecule has 0 bridgehead atoms. The van der Waals surface area contributed by atoms with Crippen LogP contribution in [0.4, 0.5) is 0 Å². The number of aryl methyl sites for hydroxylation is 1. The first-order valence-corrected chi connectivity index (χ1v) is 7.04. The Morgan fingerprint density at radius 1 is 1.16 bits per heavy atom. The number of rotatable bonds is 3. The molecule has 0 aliphatic carbocycles. The summed E-state index contributed by atoms with van der Waals surface area (Å²) in [5.41, 5.74) is 9.46. The molecule has 96 valence electrons. The average Bonchev–Trinajstić information content (AvgIpc) is 3.08. The first-order valence-electron chi connectivity index (χ1n) is 6.16. The molecule has 3 aromatic rings. The van der Waals surface area contributed by atoms with Crippen LogP contribution in [0.5, 0.6) is 0 Å². The summed E-state index contributed by atoms with van der Waals surface area (Å²) in [4.78, 5) is 1.18. The van der Waals surface area contributed by atoms with E-state index in [9.17, 15) is 0 Å². The molecule has 1 unspecified atom stereocenters. The third-order valence-corrected chi connectivity index (χ3v) is 4.24. The maximum absolute atomic E-state index is 6.29. The highest BCUT2D eigenvalue weighted by Crippen LogP contribution is 2.26. The molecule has 0 saturated heterocycles. The minimum absolute atomic E-state index is 0.148. The molecule has 0 amide bonds. The number of nitrogens with zero attached hydrogens (tertiary/aromatic N) is 2. The molecule has 0 fully saturated rings. The summed E-state index contributed by atoms with van der Waals surface area (Å²) in [5, 5.41) is 6.64. The Morgan fingerprint density at radius 3 is 2.63 bits per heavy atom. The normalized spacial score (nSPS) is 12.5. The van der Waals surface area contributed by atoms with Crippen molar-refractivity contribution in [3.63, 3.8) is 0 Å². The number of thiophene rings is 1. The molecule has 1 atom stereocenters. The Bertz CT molecular complexity index is 670. The first kappa shape index (κ1) is 12.1. The van der Waals surface area contributed by atoms with Crippen molar-refractivity contribution in [1.29, 1.82) is 0 Å². The minimum Gasteiger partial charge on any atom is -0.318 e. The summed E-state index contributed by atoms with van der Waals surface area (Å²) in [5.74, 6) is 0. The molecule has 0 aliphatic heterocycles. The molecule has 0 aliphatic rings. The van der Waals surface area contributed by atoms with Gasteiger partial charge < -0.3 is 5.73 Å². The molecular weight excluding hydrogens is 254 g/mol. The van der Waals surface area contributed by atoms with E-state index in [-0.39, 0.29) is 6.04 Å². The highest BCUT2D eigenvalue weighted by atomic mass is 32.1. The van der Waals surface area contributed by atoms with Gasteiger partial charge in [0.2, 0.25) is 0 Å². The van der Waals surface area contributed by atoms with Crippen LogP contribution in [0.15, 0.2) is 54.0 Å². The molecule has 0 saturated carbocycles. The largest absolute Gasteiger partial charge is 0.318 e. The third-order valence-electron chi connectivity index (χ3n) is 3.13. The van der Waals surface area contributed by atoms with Crippen molar-refractivity contribution in [3.05, 3.63) is 70.2 Å². The lowest BCUT2D eigenvalue weighted by molar-refractivity contribution is 0.779. The zero-order valence-electron chi connectivity index (χ0n) is 10.7. The number of hydrogen-bond acceptors (Lipinski definition) is 3. The number of aromatic nitrogens is 2. The molecule has 2 N–H and O–H groups in total. The van der Waals surface area contributed by atoms with Crippen LogP contribution in [0.25, 0.3) is 5.69 Å². The average molecular weight is 269 g/mol. The van der Waals surface area contributed by atoms with Gasteiger partial charge in [-0.2, -0.15) is 5.10 Å². The fourth-order valence-corrected chi connectivity index (χ4v) is 3.01. The summed E-state index contributed by atoms with van der Waals surface area (Å²) in [6.45, 7) is 2.08. The van der Waals surface area contributed by atoms with Crippen molar-refractivity contribution in [2.24, 2.45) is 5.73 Å². The Morgan fingerprint density at radius 2 is 1.95 bits per heavy atom. The number of benzene rings is 1. The summed E-state index contributed by atoms with van der Waals surface area (Å²) in [6.07, 6.45) is 1.95. The van der Waals surface area contributed by atoms with Gasteiger partial charge in [0.15, 0.2) is 0 Å². The smallest absolute Gasteiger partial charge is 0.0850 e. The van der Waals surface area contributed by atoms with Crippen molar-refractivity contribution in [1.82, 2.24) is 9.78 Å². The molecule has 1 aromatic carbocycles. The van der Waals surface area contributed by atoms with Crippen molar-refractivity contribution in [2.45, 2.75) is 13.0 Å². The lowest BCUT2D eigenvalue weighted by Gasteiger charge is -2.08. The van der Waals surface area contributed by atoms with Crippen molar-refractivity contribution in [3.8, 4) is 5.69 Å². The monoisotopic (exact) mass is 269 g/mol. The molecular formula is C15H15N3S. The summed E-state index contributed by atoms with van der Waals surface area (Å²) < 4.78 is 1.86. The lowest BCUT2D eigenvalue weighted by atomic mass is 10.1. The van der Waals surface area contributed by atoms with Crippen LogP contribution in [0, 0.1) is 6.92 Å². The van der Waals surface area contributed by atoms with Gasteiger partial charge in [-0.15, -0.1) is 11.3 Å². The predicted octanol–water partition coefficient (Wildman–Crippen LogP) is 3.29. The van der Waals surface area contributed by atoms with Gasteiger partial charge in [0.05, 0.1) is 17.4 Å². The van der Waals surface area contributed by atoms with E-state index in [2.05, 4.69) is 23.5 Å². The van der Waals surface area contributed by atoms with E-state index in [1.54, 1.807) is 11.3 Å². The van der Waals surface area contributed by atoms with Crippen LogP contribution in [0.2, 0.25) is 0 Å². The van der Waals surface area contributed by atoms with E-state index < -0.39 is 0 Å². The van der Waals surface area contributed by atoms with E-state index >= 15 is 0 Å². The second-order valence-corrected chi connectivity index (χ2v) is 5.41. The van der Waals surface area contributed by atoms with Crippen LogP contribution in [0.1, 0.15) is 22.2 Å². The van der Waals surface area contributed by atoms with E-state index in [1.165, 1.54) is 10.4 Å². The van der Waals surface area contributed by atoms with E-state index in [0.717, 1.165) is 11.4 Å². The molecule has 0 spiro atoms. The molecule has 3 nitrogen and oxygen atoms in total. The van der Waals surface area contributed by atoms with E-state index in [1.807, 2.05) is 47.3 Å². The molecule has 4 heteroatoms. The van der Waals surface area contributed by atoms with E-state index in [4.69, 9.17) is 5.73 Å². The van der Waals surface area contributed by atoms with Crippen LogP contribution in [0.3, 0.4) is 0 Å². The zero-order valence-corrected chi connectivity index (χ0v) is 11.5.